The fourth-order valence-corrected chi connectivity index (χ4v) is 4.57. The highest BCUT2D eigenvalue weighted by Gasteiger charge is 2.23. The second-order valence-electron chi connectivity index (χ2n) is 8.94. The summed E-state index contributed by atoms with van der Waals surface area (Å²) in [5.74, 6) is -0.651. The summed E-state index contributed by atoms with van der Waals surface area (Å²) in [7, 11) is 1.54. The van der Waals surface area contributed by atoms with E-state index in [0.717, 1.165) is 12.1 Å². The first-order chi connectivity index (χ1) is 15.4. The fraction of sp³-hybridized carbons (Fsp3) is 0.680. The number of hydrogen-bond donors (Lipinski definition) is 3. The van der Waals surface area contributed by atoms with E-state index in [1.807, 2.05) is 0 Å². The predicted molar refractivity (Wildman–Crippen MR) is 133 cm³/mol. The first-order valence-corrected chi connectivity index (χ1v) is 12.6. The number of aliphatic carboxylic acids is 1. The lowest BCUT2D eigenvalue weighted by Gasteiger charge is -2.30. The Morgan fingerprint density at radius 1 is 1.03 bits per heavy atom. The van der Waals surface area contributed by atoms with Gasteiger partial charge in [-0.1, -0.05) is 45.4 Å². The minimum absolute atomic E-state index is 0.262. The number of rotatable bonds is 8. The number of nitrogens with zero attached hydrogens (tertiary/aromatic N) is 1. The van der Waals surface area contributed by atoms with Crippen molar-refractivity contribution in [3.8, 4) is 5.75 Å². The van der Waals surface area contributed by atoms with Gasteiger partial charge < -0.3 is 20.1 Å². The summed E-state index contributed by atoms with van der Waals surface area (Å²) in [6.07, 6.45) is 14.6. The van der Waals surface area contributed by atoms with Crippen molar-refractivity contribution in [1.82, 2.24) is 5.32 Å². The number of amides is 1. The highest BCUT2D eigenvalue weighted by atomic mass is 32.1. The van der Waals surface area contributed by atoms with E-state index in [1.54, 1.807) is 31.2 Å². The lowest BCUT2D eigenvalue weighted by Crippen LogP contribution is -2.40. The zero-order valence-corrected chi connectivity index (χ0v) is 20.5. The van der Waals surface area contributed by atoms with Crippen molar-refractivity contribution in [2.75, 3.05) is 24.3 Å². The highest BCUT2D eigenvalue weighted by Crippen LogP contribution is 2.23. The second kappa shape index (κ2) is 14.4. The van der Waals surface area contributed by atoms with Gasteiger partial charge in [-0.3, -0.25) is 9.59 Å². The Bertz CT molecular complexity index is 670. The number of carbonyl (C=O) groups excluding carboxylic acids is 1. The van der Waals surface area contributed by atoms with E-state index < -0.39 is 5.97 Å². The van der Waals surface area contributed by atoms with Crippen LogP contribution in [-0.4, -0.2) is 48.5 Å². The van der Waals surface area contributed by atoms with Crippen LogP contribution in [-0.2, 0) is 9.59 Å². The zero-order valence-electron chi connectivity index (χ0n) is 19.6. The SMILES string of the molecule is C1CCC(NC2CCCCC2)CC1.COc1ccc(N(CC(=O)O)C(=O)C(C)CS)cc1. The van der Waals surface area contributed by atoms with Crippen LogP contribution in [0.3, 0.4) is 0 Å². The molecule has 1 aromatic carbocycles. The van der Waals surface area contributed by atoms with Gasteiger partial charge in [-0.2, -0.15) is 12.6 Å². The number of hydrogen-bond acceptors (Lipinski definition) is 5. The number of carbonyl (C=O) groups is 2. The van der Waals surface area contributed by atoms with Gasteiger partial charge in [-0.15, -0.1) is 0 Å². The Morgan fingerprint density at radius 2 is 1.53 bits per heavy atom. The smallest absolute Gasteiger partial charge is 0.323 e. The number of nitrogens with one attached hydrogen (secondary N) is 1. The molecule has 1 atom stereocenters. The second-order valence-corrected chi connectivity index (χ2v) is 9.30. The Kier molecular flexibility index (Phi) is 12.0. The fourth-order valence-electron chi connectivity index (χ4n) is 4.41. The standard InChI is InChI=1S/C13H17NO4S.C12H23N/c1-9(8-19)13(17)14(7-12(15)16)10-3-5-11(18-2)6-4-10;1-3-7-11(8-4-1)13-12-9-5-2-6-10-12/h3-6,9,19H,7-8H2,1-2H3,(H,15,16);11-13H,1-10H2. The molecule has 180 valence electrons. The molecule has 2 aliphatic rings. The molecule has 7 heteroatoms. The lowest BCUT2D eigenvalue weighted by molar-refractivity contribution is -0.137. The molecule has 0 spiro atoms. The van der Waals surface area contributed by atoms with E-state index in [2.05, 4.69) is 17.9 Å². The quantitative estimate of drug-likeness (QED) is 0.476. The third-order valence-corrected chi connectivity index (χ3v) is 6.87. The summed E-state index contributed by atoms with van der Waals surface area (Å²) in [5, 5.41) is 12.8. The van der Waals surface area contributed by atoms with Crippen LogP contribution >= 0.6 is 12.6 Å². The van der Waals surface area contributed by atoms with Gasteiger partial charge in [0.25, 0.3) is 0 Å². The minimum atomic E-state index is -1.06. The summed E-state index contributed by atoms with van der Waals surface area (Å²) in [4.78, 5) is 24.3. The van der Waals surface area contributed by atoms with Gasteiger partial charge in [0.1, 0.15) is 12.3 Å². The molecular formula is C25H40N2O4S. The van der Waals surface area contributed by atoms with E-state index in [9.17, 15) is 9.59 Å². The molecule has 1 amide bonds. The van der Waals surface area contributed by atoms with E-state index >= 15 is 0 Å². The predicted octanol–water partition coefficient (Wildman–Crippen LogP) is 4.92. The number of thiol groups is 1. The van der Waals surface area contributed by atoms with E-state index in [1.165, 1.54) is 76.2 Å². The third-order valence-electron chi connectivity index (χ3n) is 6.32. The van der Waals surface area contributed by atoms with Crippen molar-refractivity contribution >= 4 is 30.2 Å². The lowest BCUT2D eigenvalue weighted by atomic mass is 9.91. The molecule has 3 rings (SSSR count). The van der Waals surface area contributed by atoms with Crippen LogP contribution in [0.2, 0.25) is 0 Å². The maximum absolute atomic E-state index is 12.1. The van der Waals surface area contributed by atoms with Crippen LogP contribution in [0.5, 0.6) is 5.75 Å². The van der Waals surface area contributed by atoms with Gasteiger partial charge in [-0.25, -0.2) is 0 Å². The molecule has 2 aliphatic carbocycles. The van der Waals surface area contributed by atoms with E-state index in [0.29, 0.717) is 17.2 Å². The summed E-state index contributed by atoms with van der Waals surface area (Å²) in [6.45, 7) is 1.34. The summed E-state index contributed by atoms with van der Waals surface area (Å²) in [6, 6.07) is 8.43. The van der Waals surface area contributed by atoms with Crippen LogP contribution in [0.1, 0.15) is 71.1 Å². The van der Waals surface area contributed by atoms with Gasteiger partial charge in [0.2, 0.25) is 5.91 Å². The molecule has 0 radical (unpaired) electrons. The Morgan fingerprint density at radius 3 is 1.94 bits per heavy atom. The number of methoxy groups -OCH3 is 1. The van der Waals surface area contributed by atoms with E-state index in [-0.39, 0.29) is 18.4 Å². The van der Waals surface area contributed by atoms with Crippen molar-refractivity contribution in [1.29, 1.82) is 0 Å². The minimum Gasteiger partial charge on any atom is -0.497 e. The van der Waals surface area contributed by atoms with Crippen molar-refractivity contribution in [2.24, 2.45) is 5.92 Å². The average Bonchev–Trinajstić information content (AvgIpc) is 2.83. The summed E-state index contributed by atoms with van der Waals surface area (Å²) in [5.41, 5.74) is 0.529. The first kappa shape index (κ1) is 26.5. The molecule has 0 saturated heterocycles. The maximum Gasteiger partial charge on any atom is 0.323 e. The van der Waals surface area contributed by atoms with Gasteiger partial charge in [0, 0.05) is 29.4 Å². The maximum atomic E-state index is 12.1. The molecule has 2 fully saturated rings. The van der Waals surface area contributed by atoms with Gasteiger partial charge >= 0.3 is 5.97 Å². The summed E-state index contributed by atoms with van der Waals surface area (Å²) < 4.78 is 5.03. The summed E-state index contributed by atoms with van der Waals surface area (Å²) >= 11 is 4.07. The average molecular weight is 465 g/mol. The third kappa shape index (κ3) is 9.02. The molecule has 2 saturated carbocycles. The van der Waals surface area contributed by atoms with Crippen molar-refractivity contribution in [2.45, 2.75) is 83.2 Å². The Balaban J connectivity index is 0.000000242. The molecule has 1 unspecified atom stereocenters. The zero-order chi connectivity index (χ0) is 23.3. The topological polar surface area (TPSA) is 78.9 Å². The molecule has 0 bridgehead atoms. The van der Waals surface area contributed by atoms with Gasteiger partial charge in [-0.05, 0) is 49.9 Å². The molecule has 32 heavy (non-hydrogen) atoms. The monoisotopic (exact) mass is 464 g/mol. The van der Waals surface area contributed by atoms with Crippen LogP contribution in [0.15, 0.2) is 24.3 Å². The van der Waals surface area contributed by atoms with Crippen molar-refractivity contribution in [3.05, 3.63) is 24.3 Å². The molecule has 1 aromatic rings. The molecule has 0 aliphatic heterocycles. The van der Waals surface area contributed by atoms with Crippen LogP contribution < -0.4 is 15.0 Å². The molecule has 6 nitrogen and oxygen atoms in total. The van der Waals surface area contributed by atoms with Crippen molar-refractivity contribution in [3.63, 3.8) is 0 Å². The number of benzene rings is 1. The van der Waals surface area contributed by atoms with Crippen LogP contribution in [0.4, 0.5) is 5.69 Å². The van der Waals surface area contributed by atoms with Gasteiger partial charge in [0.15, 0.2) is 0 Å². The number of carboxylic acids is 1. The largest absolute Gasteiger partial charge is 0.497 e. The van der Waals surface area contributed by atoms with Gasteiger partial charge in [0.05, 0.1) is 7.11 Å². The molecular weight excluding hydrogens is 424 g/mol. The molecule has 0 heterocycles. The van der Waals surface area contributed by atoms with Crippen LogP contribution in [0.25, 0.3) is 0 Å². The Hall–Kier alpha value is -1.73. The van der Waals surface area contributed by atoms with E-state index in [4.69, 9.17) is 9.84 Å². The Labute approximate surface area is 198 Å². The van der Waals surface area contributed by atoms with Crippen molar-refractivity contribution < 1.29 is 19.4 Å². The molecule has 0 aromatic heterocycles. The number of ether oxygens (including phenoxy) is 1. The number of carboxylic acid groups (broad SMARTS) is 1. The molecule has 2 N–H and O–H groups in total. The first-order valence-electron chi connectivity index (χ1n) is 12.0. The normalized spacial score (nSPS) is 18.2. The number of anilines is 1. The van der Waals surface area contributed by atoms with Crippen LogP contribution in [0, 0.1) is 5.92 Å². The highest BCUT2D eigenvalue weighted by molar-refractivity contribution is 7.80.